The van der Waals surface area contributed by atoms with Crippen LogP contribution in [0.1, 0.15) is 23.1 Å². The van der Waals surface area contributed by atoms with Crippen LogP contribution in [0.25, 0.3) is 31.7 Å². The largest absolute Gasteiger partial charge is 0.236 e. The van der Waals surface area contributed by atoms with Crippen molar-refractivity contribution in [2.45, 2.75) is 30.7 Å². The van der Waals surface area contributed by atoms with E-state index in [4.69, 9.17) is 9.97 Å². The van der Waals surface area contributed by atoms with E-state index in [0.717, 1.165) is 46.1 Å². The van der Waals surface area contributed by atoms with E-state index >= 15 is 0 Å². The molecule has 3 heterocycles. The molecule has 0 radical (unpaired) electrons. The molecule has 0 atom stereocenters. The first-order valence-corrected chi connectivity index (χ1v) is 12.5. The summed E-state index contributed by atoms with van der Waals surface area (Å²) in [5, 5.41) is 2.34. The highest BCUT2D eigenvalue weighted by Crippen LogP contribution is 2.43. The average Bonchev–Trinajstić information content (AvgIpc) is 3.45. The maximum atomic E-state index is 5.16. The Morgan fingerprint density at radius 1 is 0.871 bits per heavy atom. The standard InChI is InChI=1S/C26H21N3S2/c1-3-8-17(9-4-1)14-15-30-26-24-23(27-16-28-26)21-19-12-7-13-20(19)22(29-25(21)31-24)18-10-5-2-6-11-18/h1-6,8-11,16H,7,12-15H2. The van der Waals surface area contributed by atoms with Gasteiger partial charge in [0.1, 0.15) is 16.2 Å². The van der Waals surface area contributed by atoms with Crippen LogP contribution in [-0.2, 0) is 19.3 Å². The van der Waals surface area contributed by atoms with Crippen molar-refractivity contribution >= 4 is 43.5 Å². The molecule has 31 heavy (non-hydrogen) atoms. The van der Waals surface area contributed by atoms with Crippen molar-refractivity contribution in [3.63, 3.8) is 0 Å². The Kier molecular flexibility index (Phi) is 4.93. The zero-order chi connectivity index (χ0) is 20.6. The van der Waals surface area contributed by atoms with Gasteiger partial charge in [0, 0.05) is 16.7 Å². The third-order valence-corrected chi connectivity index (χ3v) is 8.16. The van der Waals surface area contributed by atoms with E-state index in [-0.39, 0.29) is 0 Å². The molecule has 0 amide bonds. The van der Waals surface area contributed by atoms with Crippen molar-refractivity contribution < 1.29 is 0 Å². The molecule has 1 aliphatic rings. The van der Waals surface area contributed by atoms with Crippen molar-refractivity contribution in [3.05, 3.63) is 83.7 Å². The lowest BCUT2D eigenvalue weighted by atomic mass is 10.0. The van der Waals surface area contributed by atoms with E-state index in [9.17, 15) is 0 Å². The second kappa shape index (κ2) is 8.06. The highest BCUT2D eigenvalue weighted by Gasteiger charge is 2.24. The number of fused-ring (bicyclic) bond motifs is 5. The predicted molar refractivity (Wildman–Crippen MR) is 131 cm³/mol. The zero-order valence-corrected chi connectivity index (χ0v) is 18.7. The van der Waals surface area contributed by atoms with Crippen molar-refractivity contribution in [1.29, 1.82) is 0 Å². The van der Waals surface area contributed by atoms with Gasteiger partial charge in [0.05, 0.1) is 15.9 Å². The summed E-state index contributed by atoms with van der Waals surface area (Å²) in [7, 11) is 0. The molecule has 152 valence electrons. The van der Waals surface area contributed by atoms with Gasteiger partial charge in [0.2, 0.25) is 0 Å². The van der Waals surface area contributed by atoms with Gasteiger partial charge in [-0.25, -0.2) is 15.0 Å². The number of rotatable bonds is 5. The quantitative estimate of drug-likeness (QED) is 0.225. The van der Waals surface area contributed by atoms with Gasteiger partial charge in [-0.1, -0.05) is 60.7 Å². The van der Waals surface area contributed by atoms with E-state index in [1.807, 2.05) is 11.8 Å². The van der Waals surface area contributed by atoms with Crippen molar-refractivity contribution in [3.8, 4) is 11.3 Å². The highest BCUT2D eigenvalue weighted by atomic mass is 32.2. The van der Waals surface area contributed by atoms with Crippen molar-refractivity contribution in [2.75, 3.05) is 5.75 Å². The Morgan fingerprint density at radius 3 is 2.48 bits per heavy atom. The lowest BCUT2D eigenvalue weighted by molar-refractivity contribution is 0.913. The molecule has 0 saturated carbocycles. The third kappa shape index (κ3) is 3.42. The molecular formula is C26H21N3S2. The van der Waals surface area contributed by atoms with Gasteiger partial charge in [-0.2, -0.15) is 0 Å². The first kappa shape index (κ1) is 19.0. The molecule has 0 bridgehead atoms. The summed E-state index contributed by atoms with van der Waals surface area (Å²) < 4.78 is 1.18. The fraction of sp³-hybridized carbons (Fsp3) is 0.192. The minimum atomic E-state index is 1.01. The Balaban J connectivity index is 1.43. The van der Waals surface area contributed by atoms with Crippen LogP contribution in [0.2, 0.25) is 0 Å². The number of nitrogens with zero attached hydrogens (tertiary/aromatic N) is 3. The van der Waals surface area contributed by atoms with Crippen LogP contribution in [0.4, 0.5) is 0 Å². The molecular weight excluding hydrogens is 418 g/mol. The molecule has 5 aromatic rings. The summed E-state index contributed by atoms with van der Waals surface area (Å²) in [5.74, 6) is 1.01. The molecule has 3 nitrogen and oxygen atoms in total. The van der Waals surface area contributed by atoms with E-state index in [1.54, 1.807) is 17.7 Å². The molecule has 1 aliphatic carbocycles. The maximum absolute atomic E-state index is 5.16. The number of hydrogen-bond donors (Lipinski definition) is 0. The number of hydrogen-bond acceptors (Lipinski definition) is 5. The summed E-state index contributed by atoms with van der Waals surface area (Å²) in [6.07, 6.45) is 6.17. The predicted octanol–water partition coefficient (Wildman–Crippen LogP) is 6.73. The van der Waals surface area contributed by atoms with Gasteiger partial charge in [0.15, 0.2) is 0 Å². The minimum Gasteiger partial charge on any atom is -0.236 e. The Bertz CT molecular complexity index is 1380. The van der Waals surface area contributed by atoms with Crippen LogP contribution in [0.15, 0.2) is 72.0 Å². The molecule has 5 heteroatoms. The Morgan fingerprint density at radius 2 is 1.65 bits per heavy atom. The molecule has 0 aliphatic heterocycles. The number of aromatic nitrogens is 3. The summed E-state index contributed by atoms with van der Waals surface area (Å²) in [4.78, 5) is 15.6. The van der Waals surface area contributed by atoms with Gasteiger partial charge in [0.25, 0.3) is 0 Å². The van der Waals surface area contributed by atoms with Gasteiger partial charge < -0.3 is 0 Å². The van der Waals surface area contributed by atoms with E-state index in [1.165, 1.54) is 38.8 Å². The number of benzene rings is 2. The monoisotopic (exact) mass is 439 g/mol. The third-order valence-electron chi connectivity index (χ3n) is 5.96. The van der Waals surface area contributed by atoms with E-state index in [0.29, 0.717) is 0 Å². The highest BCUT2D eigenvalue weighted by molar-refractivity contribution is 7.99. The second-order valence-electron chi connectivity index (χ2n) is 7.86. The van der Waals surface area contributed by atoms with Crippen LogP contribution in [0, 0.1) is 0 Å². The summed E-state index contributed by atoms with van der Waals surface area (Å²) in [6.45, 7) is 0. The molecule has 0 N–H and O–H groups in total. The van der Waals surface area contributed by atoms with Gasteiger partial charge in [-0.15, -0.1) is 23.1 Å². The van der Waals surface area contributed by atoms with Crippen LogP contribution in [0.5, 0.6) is 0 Å². The maximum Gasteiger partial charge on any atom is 0.127 e. The van der Waals surface area contributed by atoms with Crippen LogP contribution in [-0.4, -0.2) is 20.7 Å². The first-order valence-electron chi connectivity index (χ1n) is 10.7. The average molecular weight is 440 g/mol. The molecule has 0 unspecified atom stereocenters. The normalized spacial score (nSPS) is 13.2. The lowest BCUT2D eigenvalue weighted by Gasteiger charge is -2.09. The first-order chi connectivity index (χ1) is 15.4. The summed E-state index contributed by atoms with van der Waals surface area (Å²) >= 11 is 3.58. The number of pyridine rings is 1. The summed E-state index contributed by atoms with van der Waals surface area (Å²) in [5.41, 5.74) is 7.68. The fourth-order valence-corrected chi connectivity index (χ4v) is 6.75. The second-order valence-corrected chi connectivity index (χ2v) is 9.94. The van der Waals surface area contributed by atoms with Gasteiger partial charge >= 0.3 is 0 Å². The fourth-order valence-electron chi connectivity index (χ4n) is 4.53. The lowest BCUT2D eigenvalue weighted by Crippen LogP contribution is -1.94. The van der Waals surface area contributed by atoms with Gasteiger partial charge in [-0.05, 0) is 42.4 Å². The molecule has 3 aromatic heterocycles. The van der Waals surface area contributed by atoms with E-state index < -0.39 is 0 Å². The molecule has 2 aromatic carbocycles. The topological polar surface area (TPSA) is 38.7 Å². The molecule has 0 spiro atoms. The van der Waals surface area contributed by atoms with Crippen molar-refractivity contribution in [1.82, 2.24) is 15.0 Å². The number of thioether (sulfide) groups is 1. The molecule has 6 rings (SSSR count). The van der Waals surface area contributed by atoms with Crippen LogP contribution in [0.3, 0.4) is 0 Å². The molecule has 0 fully saturated rings. The van der Waals surface area contributed by atoms with Gasteiger partial charge in [-0.3, -0.25) is 0 Å². The Labute approximate surface area is 189 Å². The van der Waals surface area contributed by atoms with Crippen molar-refractivity contribution in [2.24, 2.45) is 0 Å². The SMILES string of the molecule is c1ccc(CCSc2ncnc3c2sc2nc(-c4ccccc4)c4c(c23)CCC4)cc1. The summed E-state index contributed by atoms with van der Waals surface area (Å²) in [6, 6.07) is 21.3. The minimum absolute atomic E-state index is 1.01. The number of aryl methyl sites for hydroxylation is 2. The zero-order valence-electron chi connectivity index (χ0n) is 17.0. The molecule has 0 saturated heterocycles. The number of thiophene rings is 1. The Hall–Kier alpha value is -2.76. The van der Waals surface area contributed by atoms with Crippen LogP contribution >= 0.6 is 23.1 Å². The van der Waals surface area contributed by atoms with Crippen LogP contribution < -0.4 is 0 Å². The smallest absolute Gasteiger partial charge is 0.127 e. The van der Waals surface area contributed by atoms with E-state index in [2.05, 4.69) is 65.6 Å².